The van der Waals surface area contributed by atoms with Crippen LogP contribution in [0, 0.1) is 0 Å². The zero-order valence-corrected chi connectivity index (χ0v) is 7.36. The van der Waals surface area contributed by atoms with Crippen LogP contribution in [0.4, 0.5) is 5.69 Å². The van der Waals surface area contributed by atoms with Crippen molar-refractivity contribution in [3.8, 4) is 0 Å². The van der Waals surface area contributed by atoms with Gasteiger partial charge < -0.3 is 16.8 Å². The lowest BCUT2D eigenvalue weighted by molar-refractivity contribution is -0.117. The molecule has 5 N–H and O–H groups in total. The number of carbonyl (C=O) groups excluding carboxylic acids is 2. The third-order valence-electron chi connectivity index (χ3n) is 1.52. The van der Waals surface area contributed by atoms with Gasteiger partial charge in [-0.15, -0.1) is 0 Å². The van der Waals surface area contributed by atoms with Crippen molar-refractivity contribution in [2.45, 2.75) is 0 Å². The average Bonchev–Trinajstić information content (AvgIpc) is 2.15. The SMILES string of the molecule is NC(=O)CNC(=O)c1ccncc1N. The Morgan fingerprint density at radius 1 is 1.50 bits per heavy atom. The van der Waals surface area contributed by atoms with Crippen molar-refractivity contribution in [1.82, 2.24) is 10.3 Å². The van der Waals surface area contributed by atoms with E-state index in [4.69, 9.17) is 11.5 Å². The van der Waals surface area contributed by atoms with Crippen LogP contribution in [0.15, 0.2) is 18.5 Å². The van der Waals surface area contributed by atoms with Crippen molar-refractivity contribution < 1.29 is 9.59 Å². The molecule has 0 aliphatic heterocycles. The first-order valence-electron chi connectivity index (χ1n) is 3.87. The second-order valence-electron chi connectivity index (χ2n) is 2.61. The molecule has 0 saturated heterocycles. The number of anilines is 1. The smallest absolute Gasteiger partial charge is 0.253 e. The molecule has 0 atom stereocenters. The molecule has 0 aliphatic rings. The number of amides is 2. The highest BCUT2D eigenvalue weighted by Gasteiger charge is 2.08. The molecule has 0 fully saturated rings. The summed E-state index contributed by atoms with van der Waals surface area (Å²) in [5, 5.41) is 2.32. The van der Waals surface area contributed by atoms with Crippen molar-refractivity contribution >= 4 is 17.5 Å². The fraction of sp³-hybridized carbons (Fsp3) is 0.125. The van der Waals surface area contributed by atoms with Gasteiger partial charge in [-0.3, -0.25) is 14.6 Å². The molecule has 0 saturated carbocycles. The van der Waals surface area contributed by atoms with Crippen LogP contribution in [0.1, 0.15) is 10.4 Å². The predicted molar refractivity (Wildman–Crippen MR) is 50.2 cm³/mol. The van der Waals surface area contributed by atoms with Crippen LogP contribution in [0.3, 0.4) is 0 Å². The van der Waals surface area contributed by atoms with Crippen molar-refractivity contribution in [3.63, 3.8) is 0 Å². The van der Waals surface area contributed by atoms with Crippen molar-refractivity contribution in [1.29, 1.82) is 0 Å². The topological polar surface area (TPSA) is 111 Å². The van der Waals surface area contributed by atoms with Crippen LogP contribution in [0.5, 0.6) is 0 Å². The Bertz CT molecular complexity index is 364. The standard InChI is InChI=1S/C8H10N4O2/c9-6-3-11-2-1-5(6)8(14)12-4-7(10)13/h1-3H,4,9H2,(H2,10,13)(H,12,14). The average molecular weight is 194 g/mol. The summed E-state index contributed by atoms with van der Waals surface area (Å²) >= 11 is 0. The normalized spacial score (nSPS) is 9.43. The third kappa shape index (κ3) is 2.44. The van der Waals surface area contributed by atoms with Gasteiger partial charge in [-0.2, -0.15) is 0 Å². The second kappa shape index (κ2) is 4.22. The van der Waals surface area contributed by atoms with Gasteiger partial charge in [0.25, 0.3) is 5.91 Å². The number of rotatable bonds is 3. The lowest BCUT2D eigenvalue weighted by Gasteiger charge is -2.04. The minimum Gasteiger partial charge on any atom is -0.397 e. The van der Waals surface area contributed by atoms with Crippen LogP contribution in [-0.4, -0.2) is 23.3 Å². The van der Waals surface area contributed by atoms with Gasteiger partial charge in [0.2, 0.25) is 5.91 Å². The van der Waals surface area contributed by atoms with Gasteiger partial charge in [-0.1, -0.05) is 0 Å². The largest absolute Gasteiger partial charge is 0.397 e. The number of aromatic nitrogens is 1. The first-order valence-corrected chi connectivity index (χ1v) is 3.87. The minimum absolute atomic E-state index is 0.208. The Morgan fingerprint density at radius 2 is 2.21 bits per heavy atom. The number of hydrogen-bond donors (Lipinski definition) is 3. The number of carbonyl (C=O) groups is 2. The van der Waals surface area contributed by atoms with E-state index < -0.39 is 11.8 Å². The summed E-state index contributed by atoms with van der Waals surface area (Å²) in [7, 11) is 0. The van der Waals surface area contributed by atoms with E-state index in [-0.39, 0.29) is 17.8 Å². The molecular formula is C8H10N4O2. The van der Waals surface area contributed by atoms with Crippen LogP contribution < -0.4 is 16.8 Å². The quantitative estimate of drug-likeness (QED) is 0.565. The van der Waals surface area contributed by atoms with Gasteiger partial charge in [-0.25, -0.2) is 0 Å². The summed E-state index contributed by atoms with van der Waals surface area (Å²) in [4.78, 5) is 25.5. The number of nitrogens with one attached hydrogen (secondary N) is 1. The third-order valence-corrected chi connectivity index (χ3v) is 1.52. The van der Waals surface area contributed by atoms with E-state index >= 15 is 0 Å². The number of pyridine rings is 1. The van der Waals surface area contributed by atoms with Gasteiger partial charge in [0.1, 0.15) is 0 Å². The van der Waals surface area contributed by atoms with E-state index in [0.717, 1.165) is 0 Å². The summed E-state index contributed by atoms with van der Waals surface area (Å²) in [6.45, 7) is -0.208. The van der Waals surface area contributed by atoms with Crippen LogP contribution >= 0.6 is 0 Å². The molecule has 6 heteroatoms. The highest BCUT2D eigenvalue weighted by atomic mass is 16.2. The lowest BCUT2D eigenvalue weighted by atomic mass is 10.2. The van der Waals surface area contributed by atoms with E-state index in [1.165, 1.54) is 18.5 Å². The summed E-state index contributed by atoms with van der Waals surface area (Å²) in [5.41, 5.74) is 10.9. The van der Waals surface area contributed by atoms with Crippen LogP contribution in [0.2, 0.25) is 0 Å². The Kier molecular flexibility index (Phi) is 3.01. The van der Waals surface area contributed by atoms with Gasteiger partial charge in [0, 0.05) is 6.20 Å². The molecule has 14 heavy (non-hydrogen) atoms. The second-order valence-corrected chi connectivity index (χ2v) is 2.61. The maximum absolute atomic E-state index is 11.3. The molecule has 1 aromatic heterocycles. The molecule has 0 aromatic carbocycles. The molecule has 2 amide bonds. The monoisotopic (exact) mass is 194 g/mol. The molecule has 1 aromatic rings. The highest BCUT2D eigenvalue weighted by molar-refractivity contribution is 6.00. The van der Waals surface area contributed by atoms with E-state index in [1.54, 1.807) is 0 Å². The fourth-order valence-corrected chi connectivity index (χ4v) is 0.876. The van der Waals surface area contributed by atoms with E-state index in [9.17, 15) is 9.59 Å². The number of primary amides is 1. The van der Waals surface area contributed by atoms with E-state index in [0.29, 0.717) is 0 Å². The predicted octanol–water partition coefficient (Wildman–Crippen LogP) is -1.12. The Balaban J connectivity index is 2.70. The molecule has 0 unspecified atom stereocenters. The first-order chi connectivity index (χ1) is 6.61. The summed E-state index contributed by atoms with van der Waals surface area (Å²) in [6, 6.07) is 1.46. The summed E-state index contributed by atoms with van der Waals surface area (Å²) in [6.07, 6.45) is 2.80. The zero-order valence-electron chi connectivity index (χ0n) is 7.36. The fourth-order valence-electron chi connectivity index (χ4n) is 0.876. The highest BCUT2D eigenvalue weighted by Crippen LogP contribution is 2.07. The molecule has 6 nitrogen and oxygen atoms in total. The summed E-state index contributed by atoms with van der Waals surface area (Å²) < 4.78 is 0. The summed E-state index contributed by atoms with van der Waals surface area (Å²) in [5.74, 6) is -1.05. The number of nitrogen functional groups attached to an aromatic ring is 1. The number of nitrogens with two attached hydrogens (primary N) is 2. The molecular weight excluding hydrogens is 184 g/mol. The zero-order chi connectivity index (χ0) is 10.6. The molecule has 0 spiro atoms. The van der Waals surface area contributed by atoms with Gasteiger partial charge in [0.05, 0.1) is 24.0 Å². The van der Waals surface area contributed by atoms with Gasteiger partial charge in [0.15, 0.2) is 0 Å². The van der Waals surface area contributed by atoms with Gasteiger partial charge >= 0.3 is 0 Å². The van der Waals surface area contributed by atoms with Crippen molar-refractivity contribution in [3.05, 3.63) is 24.0 Å². The van der Waals surface area contributed by atoms with E-state index in [2.05, 4.69) is 10.3 Å². The van der Waals surface area contributed by atoms with E-state index in [1.807, 2.05) is 0 Å². The van der Waals surface area contributed by atoms with Crippen LogP contribution in [0.25, 0.3) is 0 Å². The maximum atomic E-state index is 11.3. The van der Waals surface area contributed by atoms with Crippen molar-refractivity contribution in [2.75, 3.05) is 12.3 Å². The number of hydrogen-bond acceptors (Lipinski definition) is 4. The molecule has 0 aliphatic carbocycles. The molecule has 1 heterocycles. The van der Waals surface area contributed by atoms with Gasteiger partial charge in [-0.05, 0) is 6.07 Å². The molecule has 1 rings (SSSR count). The first kappa shape index (κ1) is 9.97. The maximum Gasteiger partial charge on any atom is 0.253 e. The Morgan fingerprint density at radius 3 is 2.79 bits per heavy atom. The number of nitrogens with zero attached hydrogens (tertiary/aromatic N) is 1. The molecule has 0 bridgehead atoms. The molecule has 74 valence electrons. The van der Waals surface area contributed by atoms with Crippen LogP contribution in [-0.2, 0) is 4.79 Å². The Labute approximate surface area is 80.3 Å². The minimum atomic E-state index is -0.606. The van der Waals surface area contributed by atoms with Crippen molar-refractivity contribution in [2.24, 2.45) is 5.73 Å². The lowest BCUT2D eigenvalue weighted by Crippen LogP contribution is -2.33. The Hall–Kier alpha value is -2.11. The molecule has 0 radical (unpaired) electrons.